The summed E-state index contributed by atoms with van der Waals surface area (Å²) in [5.41, 5.74) is -6.36. The Hall–Kier alpha value is -2.07. The molecule has 7 atom stereocenters. The molecule has 2 heterocycles. The molecule has 212 valence electrons. The molecule has 0 spiro atoms. The number of aliphatic hydroxyl groups is 2. The summed E-state index contributed by atoms with van der Waals surface area (Å²) < 4.78 is 18.0. The summed E-state index contributed by atoms with van der Waals surface area (Å²) in [4.78, 5) is 41.4. The van der Waals surface area contributed by atoms with E-state index in [1.807, 2.05) is 13.8 Å². The second-order valence-electron chi connectivity index (χ2n) is 12.7. The summed E-state index contributed by atoms with van der Waals surface area (Å²) in [5, 5.41) is 23.9. The Kier molecular flexibility index (Phi) is 7.26. The summed E-state index contributed by atoms with van der Waals surface area (Å²) in [7, 11) is 0. The quantitative estimate of drug-likeness (QED) is 0.406. The number of piperidine rings is 1. The van der Waals surface area contributed by atoms with Gasteiger partial charge in [-0.1, -0.05) is 31.9 Å². The minimum Gasteiger partial charge on any atom is -0.451 e. The molecule has 1 saturated carbocycles. The van der Waals surface area contributed by atoms with Crippen LogP contribution in [0.2, 0.25) is 0 Å². The van der Waals surface area contributed by atoms with Crippen molar-refractivity contribution in [2.45, 2.75) is 115 Å². The van der Waals surface area contributed by atoms with Gasteiger partial charge < -0.3 is 24.4 Å². The highest BCUT2D eigenvalue weighted by Crippen LogP contribution is 2.64. The first-order valence-corrected chi connectivity index (χ1v) is 13.7. The average Bonchev–Trinajstić information content (AvgIpc) is 2.84. The SMILES string of the molecule is C=C[C@@]1(C)CC(=O)[C@@]2(O)[C@](C)(O1)[C@@H](OC(=O)C(OC(C)=O)N1CCCCC1)C=C1C(C)(C)CC[C@H](O)[C@@]12C. The molecule has 3 fully saturated rings. The van der Waals surface area contributed by atoms with Crippen LogP contribution in [0.25, 0.3) is 0 Å². The van der Waals surface area contributed by atoms with Crippen LogP contribution in [0.15, 0.2) is 24.3 Å². The van der Waals surface area contributed by atoms with E-state index in [-0.39, 0.29) is 6.42 Å². The first-order valence-electron chi connectivity index (χ1n) is 13.7. The second-order valence-corrected chi connectivity index (χ2v) is 12.7. The number of carbonyl (C=O) groups excluding carboxylic acids is 3. The smallest absolute Gasteiger partial charge is 0.364 e. The lowest BCUT2D eigenvalue weighted by Gasteiger charge is -2.66. The average molecular weight is 534 g/mol. The fraction of sp³-hybridized carbons (Fsp3) is 0.759. The standard InChI is InChI=1S/C29H43NO8/c1-8-26(5)17-21(33)29(35)27(6)19(25(3,4)13-12-20(27)32)16-22(28(29,7)38-26)37-24(34)23(36-18(2)31)30-14-10-9-11-15-30/h8,16,20,22-23,32,35H,1,9-15,17H2,2-7H3/t20-,22-,23?,26-,27+,28+,29-/m0/s1. The fourth-order valence-electron chi connectivity index (χ4n) is 7.36. The van der Waals surface area contributed by atoms with Gasteiger partial charge in [0.15, 0.2) is 17.5 Å². The van der Waals surface area contributed by atoms with Crippen molar-refractivity contribution < 1.29 is 38.8 Å². The lowest BCUT2D eigenvalue weighted by atomic mass is 9.44. The molecule has 1 unspecified atom stereocenters. The Labute approximate surface area is 225 Å². The zero-order chi connectivity index (χ0) is 28.3. The van der Waals surface area contributed by atoms with Gasteiger partial charge in [-0.05, 0) is 57.9 Å². The molecular weight excluding hydrogens is 490 g/mol. The molecule has 4 rings (SSSR count). The molecule has 9 heteroatoms. The number of Topliss-reactive ketones (excluding diaryl/α,β-unsaturated/α-hetero) is 1. The summed E-state index contributed by atoms with van der Waals surface area (Å²) in [6, 6.07) is 0. The van der Waals surface area contributed by atoms with Crippen molar-refractivity contribution >= 4 is 17.7 Å². The van der Waals surface area contributed by atoms with E-state index in [9.17, 15) is 24.6 Å². The van der Waals surface area contributed by atoms with Crippen LogP contribution in [0.3, 0.4) is 0 Å². The molecule has 0 aromatic rings. The second kappa shape index (κ2) is 9.54. The number of rotatable bonds is 5. The van der Waals surface area contributed by atoms with Crippen LogP contribution in [-0.2, 0) is 28.6 Å². The van der Waals surface area contributed by atoms with Crippen molar-refractivity contribution in [1.29, 1.82) is 0 Å². The molecule has 4 aliphatic rings. The molecule has 0 aromatic carbocycles. The maximum absolute atomic E-state index is 14.0. The van der Waals surface area contributed by atoms with Crippen LogP contribution < -0.4 is 0 Å². The third-order valence-corrected chi connectivity index (χ3v) is 9.57. The van der Waals surface area contributed by atoms with Crippen LogP contribution in [0.4, 0.5) is 0 Å². The number of hydrogen-bond donors (Lipinski definition) is 2. The number of fused-ring (bicyclic) bond motifs is 3. The highest BCUT2D eigenvalue weighted by Gasteiger charge is 2.76. The van der Waals surface area contributed by atoms with Gasteiger partial charge in [-0.15, -0.1) is 6.58 Å². The number of esters is 2. The van der Waals surface area contributed by atoms with Crippen molar-refractivity contribution in [3.63, 3.8) is 0 Å². The van der Waals surface area contributed by atoms with E-state index in [0.29, 0.717) is 31.5 Å². The lowest BCUT2D eigenvalue weighted by molar-refractivity contribution is -0.306. The molecule has 2 aliphatic carbocycles. The maximum atomic E-state index is 14.0. The van der Waals surface area contributed by atoms with E-state index < -0.39 is 63.8 Å². The topological polar surface area (TPSA) is 123 Å². The van der Waals surface area contributed by atoms with Crippen molar-refractivity contribution in [2.75, 3.05) is 13.1 Å². The third-order valence-electron chi connectivity index (χ3n) is 9.57. The van der Waals surface area contributed by atoms with Crippen LogP contribution in [0, 0.1) is 10.8 Å². The van der Waals surface area contributed by atoms with E-state index in [1.54, 1.807) is 31.7 Å². The van der Waals surface area contributed by atoms with Gasteiger partial charge in [0.05, 0.1) is 17.1 Å². The summed E-state index contributed by atoms with van der Waals surface area (Å²) in [5.74, 6) is -1.92. The van der Waals surface area contributed by atoms with E-state index >= 15 is 0 Å². The van der Waals surface area contributed by atoms with Crippen molar-refractivity contribution in [3.05, 3.63) is 24.3 Å². The van der Waals surface area contributed by atoms with Crippen LogP contribution in [0.5, 0.6) is 0 Å². The molecule has 38 heavy (non-hydrogen) atoms. The third kappa shape index (κ3) is 4.17. The Balaban J connectivity index is 1.85. The Morgan fingerprint density at radius 3 is 2.39 bits per heavy atom. The van der Waals surface area contributed by atoms with Crippen LogP contribution >= 0.6 is 0 Å². The van der Waals surface area contributed by atoms with Gasteiger partial charge in [0.25, 0.3) is 6.23 Å². The van der Waals surface area contributed by atoms with Gasteiger partial charge in [0.2, 0.25) is 0 Å². The molecule has 0 bridgehead atoms. The predicted octanol–water partition coefficient (Wildman–Crippen LogP) is 2.82. The monoisotopic (exact) mass is 533 g/mol. The van der Waals surface area contributed by atoms with E-state index in [1.165, 1.54) is 13.0 Å². The van der Waals surface area contributed by atoms with Crippen LogP contribution in [0.1, 0.15) is 80.1 Å². The van der Waals surface area contributed by atoms with E-state index in [0.717, 1.165) is 19.3 Å². The molecule has 0 aromatic heterocycles. The first-order chi connectivity index (χ1) is 17.6. The molecule has 2 saturated heterocycles. The van der Waals surface area contributed by atoms with E-state index in [4.69, 9.17) is 14.2 Å². The van der Waals surface area contributed by atoms with Gasteiger partial charge in [-0.25, -0.2) is 4.79 Å². The number of nitrogens with zero attached hydrogens (tertiary/aromatic N) is 1. The van der Waals surface area contributed by atoms with Gasteiger partial charge in [0.1, 0.15) is 5.60 Å². The Bertz CT molecular complexity index is 1050. The maximum Gasteiger partial charge on any atom is 0.364 e. The number of hydrogen-bond acceptors (Lipinski definition) is 9. The predicted molar refractivity (Wildman–Crippen MR) is 139 cm³/mol. The summed E-state index contributed by atoms with van der Waals surface area (Å²) >= 11 is 0. The largest absolute Gasteiger partial charge is 0.451 e. The Morgan fingerprint density at radius 2 is 1.82 bits per heavy atom. The minimum atomic E-state index is -2.21. The highest BCUT2D eigenvalue weighted by atomic mass is 16.6. The fourth-order valence-corrected chi connectivity index (χ4v) is 7.36. The molecule has 2 N–H and O–H groups in total. The minimum absolute atomic E-state index is 0.150. The van der Waals surface area contributed by atoms with Gasteiger partial charge in [-0.2, -0.15) is 0 Å². The molecule has 9 nitrogen and oxygen atoms in total. The number of likely N-dealkylation sites (tertiary alicyclic amines) is 1. The number of ether oxygens (including phenoxy) is 3. The molecule has 0 radical (unpaired) electrons. The molecule has 2 aliphatic heterocycles. The van der Waals surface area contributed by atoms with Gasteiger partial charge >= 0.3 is 11.9 Å². The zero-order valence-corrected chi connectivity index (χ0v) is 23.5. The van der Waals surface area contributed by atoms with Crippen molar-refractivity contribution in [2.24, 2.45) is 10.8 Å². The van der Waals surface area contributed by atoms with Gasteiger partial charge in [0, 0.05) is 26.4 Å². The highest BCUT2D eigenvalue weighted by molar-refractivity contribution is 5.93. The normalized spacial score (nSPS) is 41.7. The first kappa shape index (κ1) is 28.9. The van der Waals surface area contributed by atoms with Crippen LogP contribution in [-0.4, -0.2) is 81.2 Å². The van der Waals surface area contributed by atoms with Gasteiger partial charge in [-0.3, -0.25) is 14.5 Å². The number of ketones is 1. The number of aliphatic hydroxyl groups excluding tert-OH is 1. The number of carbonyl (C=O) groups is 3. The summed E-state index contributed by atoms with van der Waals surface area (Å²) in [6.45, 7) is 15.1. The zero-order valence-electron chi connectivity index (χ0n) is 23.5. The van der Waals surface area contributed by atoms with Crippen molar-refractivity contribution in [1.82, 2.24) is 4.90 Å². The Morgan fingerprint density at radius 1 is 1.18 bits per heavy atom. The lowest BCUT2D eigenvalue weighted by Crippen LogP contribution is -2.81. The molecular formula is C29H43NO8. The molecule has 0 amide bonds. The van der Waals surface area contributed by atoms with Crippen molar-refractivity contribution in [3.8, 4) is 0 Å². The van der Waals surface area contributed by atoms with E-state index in [2.05, 4.69) is 6.58 Å². The summed E-state index contributed by atoms with van der Waals surface area (Å²) in [6.07, 6.45) is 3.34.